The van der Waals surface area contributed by atoms with Crippen molar-refractivity contribution in [2.45, 2.75) is 70.7 Å². The van der Waals surface area contributed by atoms with Crippen molar-refractivity contribution in [1.29, 1.82) is 0 Å². The van der Waals surface area contributed by atoms with E-state index >= 15 is 0 Å². The molecule has 0 saturated heterocycles. The van der Waals surface area contributed by atoms with E-state index in [1.54, 1.807) is 40.1 Å². The maximum absolute atomic E-state index is 14.8. The van der Waals surface area contributed by atoms with E-state index in [0.717, 1.165) is 16.1 Å². The van der Waals surface area contributed by atoms with Gasteiger partial charge in [-0.05, 0) is 59.6 Å². The van der Waals surface area contributed by atoms with E-state index in [9.17, 15) is 14.4 Å². The molecule has 1 unspecified atom stereocenters. The van der Waals surface area contributed by atoms with Crippen molar-refractivity contribution < 1.29 is 23.5 Å². The molecule has 290 valence electrons. The number of fused-ring (bicyclic) bond motifs is 3. The second kappa shape index (κ2) is 15.6. The molecule has 2 aliphatic heterocycles. The van der Waals surface area contributed by atoms with Gasteiger partial charge in [0.1, 0.15) is 5.69 Å². The normalized spacial score (nSPS) is 17.6. The zero-order valence-corrected chi connectivity index (χ0v) is 34.8. The summed E-state index contributed by atoms with van der Waals surface area (Å²) in [6.07, 6.45) is 1.93. The number of esters is 1. The van der Waals surface area contributed by atoms with Gasteiger partial charge in [0, 0.05) is 36.3 Å². The van der Waals surface area contributed by atoms with Crippen molar-refractivity contribution in [2.75, 3.05) is 20.3 Å². The van der Waals surface area contributed by atoms with Gasteiger partial charge in [-0.15, -0.1) is 0 Å². The average Bonchev–Trinajstić information content (AvgIpc) is 3.58. The fraction of sp³-hybridized carbons (Fsp3) is 0.326. The van der Waals surface area contributed by atoms with Gasteiger partial charge in [0.25, 0.3) is 20.1 Å². The van der Waals surface area contributed by atoms with Crippen molar-refractivity contribution in [1.82, 2.24) is 24.6 Å². The minimum atomic E-state index is -2.97. The van der Waals surface area contributed by atoms with Crippen molar-refractivity contribution in [3.63, 3.8) is 0 Å². The lowest BCUT2D eigenvalue weighted by Crippen LogP contribution is -2.67. The summed E-state index contributed by atoms with van der Waals surface area (Å²) < 4.78 is 14.2. The van der Waals surface area contributed by atoms with Crippen molar-refractivity contribution in [3.8, 4) is 0 Å². The quantitative estimate of drug-likeness (QED) is 0.114. The Morgan fingerprint density at radius 3 is 2.14 bits per heavy atom. The van der Waals surface area contributed by atoms with E-state index in [1.165, 1.54) is 13.3 Å². The van der Waals surface area contributed by atoms with Gasteiger partial charge in [-0.1, -0.05) is 105 Å². The number of hydrogen-bond donors (Lipinski definition) is 0. The molecule has 0 fully saturated rings. The summed E-state index contributed by atoms with van der Waals surface area (Å²) in [6.45, 7) is 11.4. The first-order valence-corrected chi connectivity index (χ1v) is 21.4. The van der Waals surface area contributed by atoms with Crippen LogP contribution < -0.4 is 10.4 Å². The number of methoxy groups -OCH3 is 1. The molecule has 3 aromatic carbocycles. The van der Waals surface area contributed by atoms with Crippen LogP contribution in [0.15, 0.2) is 97.2 Å². The molecule has 7 rings (SSSR count). The van der Waals surface area contributed by atoms with Crippen LogP contribution >= 0.6 is 23.2 Å². The number of benzene rings is 3. The third-order valence-electron chi connectivity index (χ3n) is 11.1. The van der Waals surface area contributed by atoms with Gasteiger partial charge in [0.05, 0.1) is 59.3 Å². The molecular formula is C43H45Cl2N5O5Si. The van der Waals surface area contributed by atoms with Gasteiger partial charge in [0.15, 0.2) is 0 Å². The highest BCUT2D eigenvalue weighted by Gasteiger charge is 2.51. The van der Waals surface area contributed by atoms with E-state index in [4.69, 9.17) is 37.5 Å². The molecular weight excluding hydrogens is 765 g/mol. The Morgan fingerprint density at radius 2 is 1.57 bits per heavy atom. The summed E-state index contributed by atoms with van der Waals surface area (Å²) in [5, 5.41) is 7.83. The van der Waals surface area contributed by atoms with E-state index < -0.39 is 20.3 Å². The van der Waals surface area contributed by atoms with Gasteiger partial charge in [0.2, 0.25) is 0 Å². The van der Waals surface area contributed by atoms with Crippen molar-refractivity contribution in [2.24, 2.45) is 0 Å². The minimum absolute atomic E-state index is 0.188. The summed E-state index contributed by atoms with van der Waals surface area (Å²) >= 11 is 12.5. The highest BCUT2D eigenvalue weighted by Crippen LogP contribution is 2.40. The van der Waals surface area contributed by atoms with Crippen molar-refractivity contribution >= 4 is 59.7 Å². The van der Waals surface area contributed by atoms with E-state index in [2.05, 4.69) is 74.3 Å². The molecule has 2 aromatic heterocycles. The molecule has 13 heteroatoms. The molecule has 0 bridgehead atoms. The van der Waals surface area contributed by atoms with Crippen LogP contribution in [0.5, 0.6) is 0 Å². The molecule has 0 N–H and O–H groups in total. The maximum Gasteiger partial charge on any atom is 0.339 e. The summed E-state index contributed by atoms with van der Waals surface area (Å²) in [4.78, 5) is 49.2. The zero-order chi connectivity index (χ0) is 39.9. The minimum Gasteiger partial charge on any atom is -0.465 e. The highest BCUT2D eigenvalue weighted by molar-refractivity contribution is 6.99. The Kier molecular flexibility index (Phi) is 11.0. The third kappa shape index (κ3) is 7.06. The van der Waals surface area contributed by atoms with Gasteiger partial charge in [-0.2, -0.15) is 5.10 Å². The van der Waals surface area contributed by atoms with Crippen LogP contribution in [0.4, 0.5) is 0 Å². The molecule has 0 radical (unpaired) electrons. The fourth-order valence-electron chi connectivity index (χ4n) is 8.13. The fourth-order valence-corrected chi connectivity index (χ4v) is 13.0. The number of aromatic nitrogens is 3. The SMILES string of the molecule is COC(=O)c1ccc(C(C)N2C[C@@H](CO[Si](c3ccccc3)(c3ccccc3)C(C)(C)C)n3nc4c(c3C2=O)CN(C(=O)c2ccc(Cl)c(Cl)c2)[C@H](C)C4)nc1. The van der Waals surface area contributed by atoms with Gasteiger partial charge in [-0.25, -0.2) is 4.79 Å². The highest BCUT2D eigenvalue weighted by atomic mass is 35.5. The van der Waals surface area contributed by atoms with Crippen LogP contribution in [0.3, 0.4) is 0 Å². The first-order chi connectivity index (χ1) is 26.7. The topological polar surface area (TPSA) is 107 Å². The number of rotatable bonds is 9. The Bertz CT molecular complexity index is 2220. The molecule has 10 nitrogen and oxygen atoms in total. The standard InChI is InChI=1S/C43H45Cl2N5O5Si/c1-27-21-38-34(25-48(27)40(51)29-17-19-35(44)36(45)22-29)39-41(52)49(28(2)37-20-18-30(23-46-37)42(53)54-6)24-31(50(39)47-38)26-55-56(43(3,4)5,32-13-9-7-10-14-32)33-15-11-8-12-16-33/h7-20,22-23,27-28,31H,21,24-26H2,1-6H3/t27-,28?,31+/m1/s1. The molecule has 2 aliphatic rings. The van der Waals surface area contributed by atoms with E-state index in [0.29, 0.717) is 51.1 Å². The van der Waals surface area contributed by atoms with Crippen molar-refractivity contribution in [3.05, 3.63) is 141 Å². The van der Waals surface area contributed by atoms with Gasteiger partial charge < -0.3 is 19.0 Å². The lowest BCUT2D eigenvalue weighted by molar-refractivity contribution is 0.0515. The number of carbonyl (C=O) groups is 3. The number of halogens is 2. The van der Waals surface area contributed by atoms with Crippen LogP contribution in [-0.4, -0.2) is 77.0 Å². The summed E-state index contributed by atoms with van der Waals surface area (Å²) in [6, 6.07) is 28.1. The zero-order valence-electron chi connectivity index (χ0n) is 32.3. The summed E-state index contributed by atoms with van der Waals surface area (Å²) in [5.74, 6) is -0.920. The Labute approximate surface area is 338 Å². The maximum atomic E-state index is 14.8. The predicted molar refractivity (Wildman–Crippen MR) is 219 cm³/mol. The number of ether oxygens (including phenoxy) is 1. The Morgan fingerprint density at radius 1 is 0.929 bits per heavy atom. The first-order valence-electron chi connectivity index (χ1n) is 18.7. The van der Waals surface area contributed by atoms with E-state index in [-0.39, 0.29) is 42.1 Å². The third-order valence-corrected chi connectivity index (χ3v) is 16.8. The second-order valence-corrected chi connectivity index (χ2v) is 20.7. The lowest BCUT2D eigenvalue weighted by atomic mass is 9.97. The number of pyridine rings is 1. The van der Waals surface area contributed by atoms with Gasteiger partial charge >= 0.3 is 5.97 Å². The number of amides is 2. The lowest BCUT2D eigenvalue weighted by Gasteiger charge is -2.45. The molecule has 0 saturated carbocycles. The number of nitrogens with zero attached hydrogens (tertiary/aromatic N) is 5. The molecule has 0 spiro atoms. The molecule has 0 aliphatic carbocycles. The predicted octanol–water partition coefficient (Wildman–Crippen LogP) is 7.29. The molecule has 2 amide bonds. The Hall–Kier alpha value is -4.81. The van der Waals surface area contributed by atoms with Gasteiger partial charge in [-0.3, -0.25) is 19.3 Å². The van der Waals surface area contributed by atoms with Crippen LogP contribution in [0.1, 0.15) is 94.9 Å². The molecule has 4 heterocycles. The number of hydrogen-bond acceptors (Lipinski definition) is 7. The van der Waals surface area contributed by atoms with Crippen LogP contribution in [0.25, 0.3) is 0 Å². The van der Waals surface area contributed by atoms with Crippen LogP contribution in [0, 0.1) is 0 Å². The largest absolute Gasteiger partial charge is 0.465 e. The van der Waals surface area contributed by atoms with Crippen LogP contribution in [0.2, 0.25) is 15.1 Å². The monoisotopic (exact) mass is 809 g/mol. The molecule has 3 atom stereocenters. The average molecular weight is 811 g/mol. The summed E-state index contributed by atoms with van der Waals surface area (Å²) in [5.41, 5.74) is 3.27. The summed E-state index contributed by atoms with van der Waals surface area (Å²) in [7, 11) is -1.65. The molecule has 56 heavy (non-hydrogen) atoms. The van der Waals surface area contributed by atoms with E-state index in [1.807, 2.05) is 30.7 Å². The molecule has 5 aromatic rings. The first kappa shape index (κ1) is 39.4. The number of carbonyl (C=O) groups excluding carboxylic acids is 3. The smallest absolute Gasteiger partial charge is 0.339 e. The van der Waals surface area contributed by atoms with Crippen LogP contribution in [-0.2, 0) is 22.1 Å². The second-order valence-electron chi connectivity index (χ2n) is 15.6. The Balaban J connectivity index is 1.31.